The molecule has 2 heterocycles. The number of hydrogen-bond donors (Lipinski definition) is 1. The first-order valence-electron chi connectivity index (χ1n) is 8.37. The Labute approximate surface area is 134 Å². The largest absolute Gasteiger partial charge is 0.348 e. The lowest BCUT2D eigenvalue weighted by Gasteiger charge is -2.13. The highest BCUT2D eigenvalue weighted by molar-refractivity contribution is 5.93. The molecule has 6 heteroatoms. The van der Waals surface area contributed by atoms with E-state index in [0.717, 1.165) is 38.5 Å². The van der Waals surface area contributed by atoms with E-state index in [2.05, 4.69) is 22.2 Å². The van der Waals surface area contributed by atoms with Gasteiger partial charge in [-0.15, -0.1) is 0 Å². The van der Waals surface area contributed by atoms with Gasteiger partial charge in [0.15, 0.2) is 11.3 Å². The van der Waals surface area contributed by atoms with Gasteiger partial charge in [0.1, 0.15) is 5.52 Å². The number of pyridine rings is 1. The molecule has 0 atom stereocenters. The zero-order valence-electron chi connectivity index (χ0n) is 13.4. The topological polar surface area (TPSA) is 76.9 Å². The van der Waals surface area contributed by atoms with Crippen LogP contribution in [0.1, 0.15) is 55.9 Å². The summed E-state index contributed by atoms with van der Waals surface area (Å²) in [5.74, 6) is -0.363. The Hall–Kier alpha value is -2.24. The second kappa shape index (κ2) is 6.89. The van der Waals surface area contributed by atoms with Gasteiger partial charge < -0.3 is 5.32 Å². The molecule has 1 N–H and O–H groups in total. The summed E-state index contributed by atoms with van der Waals surface area (Å²) < 4.78 is 1.58. The van der Waals surface area contributed by atoms with Crippen molar-refractivity contribution in [3.05, 3.63) is 34.4 Å². The van der Waals surface area contributed by atoms with Crippen LogP contribution in [0.5, 0.6) is 0 Å². The van der Waals surface area contributed by atoms with Crippen LogP contribution in [0, 0.1) is 0 Å². The number of amides is 1. The third-order valence-electron chi connectivity index (χ3n) is 4.34. The molecular formula is C17H22N4O2. The normalized spacial score (nSPS) is 15.2. The average Bonchev–Trinajstić information content (AvgIpc) is 3.06. The Balaban J connectivity index is 2.00. The molecule has 0 radical (unpaired) electrons. The zero-order valence-corrected chi connectivity index (χ0v) is 13.4. The summed E-state index contributed by atoms with van der Waals surface area (Å²) in [6, 6.07) is 3.72. The summed E-state index contributed by atoms with van der Waals surface area (Å²) >= 11 is 0. The number of nitrogens with zero attached hydrogens (tertiary/aromatic N) is 3. The van der Waals surface area contributed by atoms with Gasteiger partial charge in [0.05, 0.1) is 0 Å². The maximum absolute atomic E-state index is 12.7. The van der Waals surface area contributed by atoms with E-state index in [1.807, 2.05) is 0 Å². The van der Waals surface area contributed by atoms with Crippen LogP contribution in [0.25, 0.3) is 11.2 Å². The summed E-state index contributed by atoms with van der Waals surface area (Å²) in [4.78, 5) is 33.7. The Morgan fingerprint density at radius 1 is 1.39 bits per heavy atom. The van der Waals surface area contributed by atoms with Crippen molar-refractivity contribution in [2.45, 2.75) is 58.0 Å². The molecule has 1 amide bonds. The first kappa shape index (κ1) is 15.6. The number of aryl methyl sites for hydroxylation is 1. The highest BCUT2D eigenvalue weighted by atomic mass is 16.2. The fraction of sp³-hybridized carbons (Fsp3) is 0.529. The van der Waals surface area contributed by atoms with E-state index < -0.39 is 0 Å². The summed E-state index contributed by atoms with van der Waals surface area (Å²) in [7, 11) is 0. The molecule has 1 aliphatic carbocycles. The zero-order chi connectivity index (χ0) is 16.2. The predicted octanol–water partition coefficient (Wildman–Crippen LogP) is 2.26. The number of nitrogens with one attached hydrogen (secondary N) is 1. The smallest absolute Gasteiger partial charge is 0.283 e. The van der Waals surface area contributed by atoms with Crippen LogP contribution in [0.2, 0.25) is 0 Å². The Morgan fingerprint density at radius 3 is 2.91 bits per heavy atom. The van der Waals surface area contributed by atoms with Gasteiger partial charge in [-0.25, -0.2) is 9.97 Å². The second-order valence-corrected chi connectivity index (χ2v) is 6.07. The van der Waals surface area contributed by atoms with Crippen molar-refractivity contribution in [3.63, 3.8) is 0 Å². The molecule has 2 aromatic rings. The number of hydrogen-bond acceptors (Lipinski definition) is 4. The monoisotopic (exact) mass is 314 g/mol. The minimum atomic E-state index is -0.363. The molecule has 2 aromatic heterocycles. The number of aromatic nitrogens is 3. The van der Waals surface area contributed by atoms with Crippen molar-refractivity contribution in [2.75, 3.05) is 0 Å². The van der Waals surface area contributed by atoms with Gasteiger partial charge in [-0.3, -0.25) is 14.2 Å². The number of carbonyl (C=O) groups excluding carboxylic acids is 1. The van der Waals surface area contributed by atoms with Crippen LogP contribution in [0.15, 0.2) is 23.1 Å². The quantitative estimate of drug-likeness (QED) is 0.918. The highest BCUT2D eigenvalue weighted by Crippen LogP contribution is 2.18. The van der Waals surface area contributed by atoms with E-state index in [9.17, 15) is 9.59 Å². The van der Waals surface area contributed by atoms with Gasteiger partial charge in [0.2, 0.25) is 0 Å². The van der Waals surface area contributed by atoms with Crippen LogP contribution < -0.4 is 10.9 Å². The third-order valence-corrected chi connectivity index (χ3v) is 4.34. The van der Waals surface area contributed by atoms with Crippen LogP contribution in [-0.2, 0) is 6.54 Å². The highest BCUT2D eigenvalue weighted by Gasteiger charge is 2.22. The van der Waals surface area contributed by atoms with E-state index in [-0.39, 0.29) is 23.2 Å². The molecule has 0 unspecified atom stereocenters. The molecule has 3 rings (SSSR count). The lowest BCUT2D eigenvalue weighted by Crippen LogP contribution is -2.39. The summed E-state index contributed by atoms with van der Waals surface area (Å²) in [5, 5.41) is 2.95. The van der Waals surface area contributed by atoms with E-state index in [1.54, 1.807) is 22.9 Å². The molecular weight excluding hydrogens is 292 g/mol. The fourth-order valence-electron chi connectivity index (χ4n) is 3.07. The maximum Gasteiger partial charge on any atom is 0.283 e. The third kappa shape index (κ3) is 3.25. The van der Waals surface area contributed by atoms with Crippen molar-refractivity contribution >= 4 is 17.1 Å². The molecule has 1 fully saturated rings. The molecule has 1 saturated carbocycles. The van der Waals surface area contributed by atoms with Crippen molar-refractivity contribution in [3.8, 4) is 0 Å². The molecule has 23 heavy (non-hydrogen) atoms. The van der Waals surface area contributed by atoms with Crippen molar-refractivity contribution < 1.29 is 4.79 Å². The molecule has 0 spiro atoms. The molecule has 0 saturated heterocycles. The number of unbranched alkanes of at least 4 members (excludes halogenated alkanes) is 1. The van der Waals surface area contributed by atoms with Gasteiger partial charge in [-0.05, 0) is 31.4 Å². The first-order valence-corrected chi connectivity index (χ1v) is 8.37. The predicted molar refractivity (Wildman–Crippen MR) is 88.4 cm³/mol. The summed E-state index contributed by atoms with van der Waals surface area (Å²) in [6.45, 7) is 2.62. The number of carbonyl (C=O) groups is 1. The van der Waals surface area contributed by atoms with Crippen molar-refractivity contribution in [1.82, 2.24) is 19.9 Å². The maximum atomic E-state index is 12.7. The van der Waals surface area contributed by atoms with Gasteiger partial charge in [0, 0.05) is 18.8 Å². The van der Waals surface area contributed by atoms with Gasteiger partial charge >= 0.3 is 0 Å². The van der Waals surface area contributed by atoms with Crippen LogP contribution in [0.3, 0.4) is 0 Å². The SMILES string of the molecule is CCCCn1c(=O)c(C(=O)NC2CCCC2)nc2cccnc21. The van der Waals surface area contributed by atoms with E-state index in [0.29, 0.717) is 17.7 Å². The standard InChI is InChI=1S/C17H22N4O2/c1-2-3-11-21-15-13(9-6-10-18-15)20-14(17(21)23)16(22)19-12-7-4-5-8-12/h6,9-10,12H,2-5,7-8,11H2,1H3,(H,19,22). The van der Waals surface area contributed by atoms with E-state index in [4.69, 9.17) is 0 Å². The molecule has 1 aliphatic rings. The Morgan fingerprint density at radius 2 is 2.17 bits per heavy atom. The van der Waals surface area contributed by atoms with Crippen molar-refractivity contribution in [2.24, 2.45) is 0 Å². The van der Waals surface area contributed by atoms with Gasteiger partial charge in [0.25, 0.3) is 11.5 Å². The molecule has 122 valence electrons. The summed E-state index contributed by atoms with van der Waals surface area (Å²) in [6.07, 6.45) is 7.67. The van der Waals surface area contributed by atoms with Gasteiger partial charge in [-0.2, -0.15) is 0 Å². The Bertz CT molecular complexity index is 763. The van der Waals surface area contributed by atoms with E-state index in [1.165, 1.54) is 0 Å². The molecule has 6 nitrogen and oxygen atoms in total. The van der Waals surface area contributed by atoms with Gasteiger partial charge in [-0.1, -0.05) is 26.2 Å². The fourth-order valence-corrected chi connectivity index (χ4v) is 3.07. The van der Waals surface area contributed by atoms with Crippen LogP contribution >= 0.6 is 0 Å². The second-order valence-electron chi connectivity index (χ2n) is 6.07. The van der Waals surface area contributed by atoms with Crippen LogP contribution in [-0.4, -0.2) is 26.5 Å². The minimum Gasteiger partial charge on any atom is -0.348 e. The van der Waals surface area contributed by atoms with Crippen LogP contribution in [0.4, 0.5) is 0 Å². The number of rotatable bonds is 5. The minimum absolute atomic E-state index is 0.0199. The number of fused-ring (bicyclic) bond motifs is 1. The van der Waals surface area contributed by atoms with Crippen molar-refractivity contribution in [1.29, 1.82) is 0 Å². The lowest BCUT2D eigenvalue weighted by atomic mass is 10.2. The molecule has 0 aliphatic heterocycles. The molecule has 0 bridgehead atoms. The van der Waals surface area contributed by atoms with E-state index >= 15 is 0 Å². The summed E-state index contributed by atoms with van der Waals surface area (Å²) in [5.41, 5.74) is 0.761. The Kier molecular flexibility index (Phi) is 4.69. The lowest BCUT2D eigenvalue weighted by molar-refractivity contribution is 0.0931. The first-order chi connectivity index (χ1) is 11.2. The molecule has 0 aromatic carbocycles. The average molecular weight is 314 g/mol.